The molecule has 0 aliphatic carbocycles. The Hall–Kier alpha value is -2.58. The molecule has 8 heteroatoms. The molecule has 204 valence electrons. The number of aryl methyl sites for hydroxylation is 2. The first kappa shape index (κ1) is 27.0. The molecule has 0 radical (unpaired) electrons. The molecule has 1 spiro atoms. The van der Waals surface area contributed by atoms with Gasteiger partial charge in [-0.3, -0.25) is 14.4 Å². The van der Waals surface area contributed by atoms with Gasteiger partial charge in [0.25, 0.3) is 5.91 Å². The zero-order valence-electron chi connectivity index (χ0n) is 22.7. The predicted molar refractivity (Wildman–Crippen MR) is 149 cm³/mol. The van der Waals surface area contributed by atoms with E-state index in [0.717, 1.165) is 36.1 Å². The van der Waals surface area contributed by atoms with Gasteiger partial charge in [0.2, 0.25) is 5.91 Å². The molecule has 38 heavy (non-hydrogen) atoms. The Bertz CT molecular complexity index is 1170. The number of benzene rings is 1. The molecule has 2 amide bonds. The van der Waals surface area contributed by atoms with Gasteiger partial charge in [-0.15, -0.1) is 11.8 Å². The minimum Gasteiger partial charge on any atom is -0.465 e. The summed E-state index contributed by atoms with van der Waals surface area (Å²) in [5.41, 5.74) is 2.81. The molecule has 4 aliphatic rings. The normalized spacial score (nSPS) is 34.8. The van der Waals surface area contributed by atoms with Gasteiger partial charge in [-0.25, -0.2) is 0 Å². The second kappa shape index (κ2) is 10.2. The summed E-state index contributed by atoms with van der Waals surface area (Å²) in [5, 5.41) is 10.3. The van der Waals surface area contributed by atoms with Crippen LogP contribution in [-0.4, -0.2) is 69.1 Å². The summed E-state index contributed by atoms with van der Waals surface area (Å²) in [4.78, 5) is 46.1. The molecule has 2 saturated heterocycles. The van der Waals surface area contributed by atoms with Crippen molar-refractivity contribution in [1.29, 1.82) is 0 Å². The smallest absolute Gasteiger partial charge is 0.311 e. The molecule has 0 aromatic heterocycles. The third-order valence-corrected chi connectivity index (χ3v) is 10.5. The number of aliphatic hydroxyl groups is 1. The number of carbonyl (C=O) groups excluding carboxylic acids is 3. The first-order valence-electron chi connectivity index (χ1n) is 13.7. The Morgan fingerprint density at radius 2 is 1.82 bits per heavy atom. The second-order valence-electron chi connectivity index (χ2n) is 11.1. The Morgan fingerprint density at radius 3 is 2.50 bits per heavy atom. The molecule has 1 unspecified atom stereocenters. The number of hydrogen-bond acceptors (Lipinski definition) is 6. The van der Waals surface area contributed by atoms with Crippen LogP contribution in [0.5, 0.6) is 0 Å². The topological polar surface area (TPSA) is 87.2 Å². The highest BCUT2D eigenvalue weighted by molar-refractivity contribution is 8.02. The fourth-order valence-corrected chi connectivity index (χ4v) is 9.12. The molecular weight excluding hydrogens is 500 g/mol. The molecule has 1 aromatic rings. The van der Waals surface area contributed by atoms with E-state index in [2.05, 4.69) is 12.2 Å². The van der Waals surface area contributed by atoms with Crippen LogP contribution in [0.1, 0.15) is 50.7 Å². The number of fused-ring (bicyclic) bond motifs is 2. The van der Waals surface area contributed by atoms with Crippen molar-refractivity contribution in [3.05, 3.63) is 53.6 Å². The van der Waals surface area contributed by atoms with E-state index in [0.29, 0.717) is 19.6 Å². The summed E-state index contributed by atoms with van der Waals surface area (Å²) in [7, 11) is 0. The minimum absolute atomic E-state index is 0.174. The summed E-state index contributed by atoms with van der Waals surface area (Å²) >= 11 is 1.54. The quantitative estimate of drug-likeness (QED) is 0.462. The maximum Gasteiger partial charge on any atom is 0.311 e. The number of amides is 2. The highest BCUT2D eigenvalue weighted by Crippen LogP contribution is 2.65. The van der Waals surface area contributed by atoms with Gasteiger partial charge in [-0.1, -0.05) is 49.4 Å². The Labute approximate surface area is 229 Å². The van der Waals surface area contributed by atoms with Gasteiger partial charge in [0.15, 0.2) is 0 Å². The molecule has 1 N–H and O–H groups in total. The van der Waals surface area contributed by atoms with Gasteiger partial charge < -0.3 is 19.6 Å². The molecule has 4 heterocycles. The number of carbonyl (C=O) groups is 3. The lowest BCUT2D eigenvalue weighted by atomic mass is 9.74. The largest absolute Gasteiger partial charge is 0.465 e. The maximum atomic E-state index is 14.7. The molecule has 6 atom stereocenters. The lowest BCUT2D eigenvalue weighted by Gasteiger charge is -2.40. The van der Waals surface area contributed by atoms with Crippen molar-refractivity contribution in [3.8, 4) is 0 Å². The Kier molecular flexibility index (Phi) is 7.24. The predicted octanol–water partition coefficient (Wildman–Crippen LogP) is 3.95. The van der Waals surface area contributed by atoms with E-state index < -0.39 is 33.4 Å². The third-order valence-electron chi connectivity index (χ3n) is 8.72. The van der Waals surface area contributed by atoms with E-state index in [9.17, 15) is 19.5 Å². The summed E-state index contributed by atoms with van der Waals surface area (Å²) in [5.74, 6) is -2.30. The number of cyclic esters (lactones) is 1. The third kappa shape index (κ3) is 4.02. The fourth-order valence-electron chi connectivity index (χ4n) is 6.98. The van der Waals surface area contributed by atoms with Crippen LogP contribution in [0.2, 0.25) is 0 Å². The summed E-state index contributed by atoms with van der Waals surface area (Å²) in [6, 6.07) is 4.57. The number of hydrogen-bond donors (Lipinski definition) is 1. The van der Waals surface area contributed by atoms with Crippen molar-refractivity contribution in [3.63, 3.8) is 0 Å². The van der Waals surface area contributed by atoms with Crippen LogP contribution < -0.4 is 4.90 Å². The highest BCUT2D eigenvalue weighted by atomic mass is 32.2. The maximum absolute atomic E-state index is 14.7. The first-order valence-corrected chi connectivity index (χ1v) is 14.5. The van der Waals surface area contributed by atoms with Crippen molar-refractivity contribution in [2.45, 2.75) is 75.0 Å². The lowest BCUT2D eigenvalue weighted by molar-refractivity contribution is -0.154. The van der Waals surface area contributed by atoms with Crippen LogP contribution in [0.4, 0.5) is 5.69 Å². The molecule has 4 aliphatic heterocycles. The minimum atomic E-state index is -0.959. The molecule has 2 fully saturated rings. The number of anilines is 1. The van der Waals surface area contributed by atoms with E-state index in [1.807, 2.05) is 58.0 Å². The van der Waals surface area contributed by atoms with Crippen LogP contribution in [0.15, 0.2) is 42.5 Å². The number of likely N-dealkylation sites (tertiary alicyclic amines) is 1. The standard InChI is InChI=1S/C30H38N2O5S/c1-5-21(18-33)32-25-27(35)31(24-19(2)12-10-13-20(24)3)16-11-15-30(25)22(26(32)34)23-28(36)37-17-9-7-6-8-14-29(23,4)38-30/h8,10-15,21-23,25,33H,5-7,9,16-18H2,1-4H3/b14-8-/t21-,22-,23+,25?,29-,30-/m0/s1. The van der Waals surface area contributed by atoms with Crippen molar-refractivity contribution in [1.82, 2.24) is 4.90 Å². The summed E-state index contributed by atoms with van der Waals surface area (Å²) in [6.07, 6.45) is 11.2. The number of ether oxygens (including phenoxy) is 1. The zero-order valence-corrected chi connectivity index (χ0v) is 23.5. The highest BCUT2D eigenvalue weighted by Gasteiger charge is 2.74. The number of thioether (sulfide) groups is 1. The van der Waals surface area contributed by atoms with E-state index in [1.165, 1.54) is 0 Å². The fraction of sp³-hybridized carbons (Fsp3) is 0.567. The van der Waals surface area contributed by atoms with Gasteiger partial charge in [0.05, 0.1) is 35.8 Å². The lowest BCUT2D eigenvalue weighted by Crippen LogP contribution is -2.57. The number of nitrogens with zero attached hydrogens (tertiary/aromatic N) is 2. The second-order valence-corrected chi connectivity index (χ2v) is 12.9. The van der Waals surface area contributed by atoms with Gasteiger partial charge >= 0.3 is 5.97 Å². The summed E-state index contributed by atoms with van der Waals surface area (Å²) < 4.78 is 4.06. The molecule has 0 saturated carbocycles. The SMILES string of the molecule is CC[C@@H](CO)N1C(=O)[C@@H]2[C@@H]3C(=O)OCCCC/C=C\[C@]3(C)S[C@@]23C=CCN(c2c(C)cccc2C)C(=O)C13. The number of esters is 1. The van der Waals surface area contributed by atoms with Crippen LogP contribution in [0.3, 0.4) is 0 Å². The average molecular weight is 539 g/mol. The van der Waals surface area contributed by atoms with E-state index in [4.69, 9.17) is 4.74 Å². The van der Waals surface area contributed by atoms with Crippen molar-refractivity contribution in [2.75, 3.05) is 24.7 Å². The molecule has 0 bridgehead atoms. The van der Waals surface area contributed by atoms with Crippen molar-refractivity contribution in [2.24, 2.45) is 11.8 Å². The number of aliphatic hydroxyl groups excluding tert-OH is 1. The molecule has 1 aromatic carbocycles. The average Bonchev–Trinajstić information content (AvgIpc) is 3.21. The molecular formula is C30H38N2O5S. The monoisotopic (exact) mass is 538 g/mol. The van der Waals surface area contributed by atoms with E-state index in [1.54, 1.807) is 21.6 Å². The van der Waals surface area contributed by atoms with Crippen LogP contribution >= 0.6 is 11.8 Å². The zero-order chi connectivity index (χ0) is 27.2. The van der Waals surface area contributed by atoms with Crippen molar-refractivity contribution >= 4 is 35.2 Å². The van der Waals surface area contributed by atoms with Gasteiger partial charge in [0, 0.05) is 17.0 Å². The van der Waals surface area contributed by atoms with Crippen LogP contribution in [-0.2, 0) is 19.1 Å². The van der Waals surface area contributed by atoms with E-state index in [-0.39, 0.29) is 24.4 Å². The molecule has 7 nitrogen and oxygen atoms in total. The molecule has 5 rings (SSSR count). The van der Waals surface area contributed by atoms with Gasteiger partial charge in [-0.2, -0.15) is 0 Å². The van der Waals surface area contributed by atoms with E-state index >= 15 is 0 Å². The van der Waals surface area contributed by atoms with Crippen LogP contribution in [0, 0.1) is 25.7 Å². The first-order chi connectivity index (χ1) is 18.2. The number of rotatable bonds is 4. The van der Waals surface area contributed by atoms with Gasteiger partial charge in [0.1, 0.15) is 6.04 Å². The van der Waals surface area contributed by atoms with Crippen LogP contribution in [0.25, 0.3) is 0 Å². The number of allylic oxidation sites excluding steroid dienone is 1. The Balaban J connectivity index is 1.69. The number of para-hydroxylation sites is 1. The van der Waals surface area contributed by atoms with Crippen molar-refractivity contribution < 1.29 is 24.2 Å². The summed E-state index contributed by atoms with van der Waals surface area (Å²) in [6.45, 7) is 8.33. The van der Waals surface area contributed by atoms with Gasteiger partial charge in [-0.05, 0) is 57.6 Å². The Morgan fingerprint density at radius 1 is 1.08 bits per heavy atom.